The third-order valence-corrected chi connectivity index (χ3v) is 3.95. The molecule has 1 aromatic heterocycles. The Hall–Kier alpha value is -3.46. The van der Waals surface area contributed by atoms with E-state index in [1.54, 1.807) is 48.8 Å². The molecule has 0 saturated heterocycles. The number of ketones is 1. The molecule has 3 aromatic rings. The second-order valence-electron chi connectivity index (χ2n) is 5.84. The van der Waals surface area contributed by atoms with Crippen molar-refractivity contribution in [1.29, 1.82) is 5.26 Å². The van der Waals surface area contributed by atoms with Crippen LogP contribution in [0.25, 0.3) is 11.0 Å². The third kappa shape index (κ3) is 3.26. The molecule has 1 unspecified atom stereocenters. The lowest BCUT2D eigenvalue weighted by Gasteiger charge is -2.10. The van der Waals surface area contributed by atoms with E-state index in [-0.39, 0.29) is 5.56 Å². The van der Waals surface area contributed by atoms with Crippen LogP contribution in [-0.4, -0.2) is 21.2 Å². The van der Waals surface area contributed by atoms with E-state index in [0.29, 0.717) is 11.2 Å². The van der Waals surface area contributed by atoms with Gasteiger partial charge in [-0.3, -0.25) is 9.59 Å². The van der Waals surface area contributed by atoms with Gasteiger partial charge in [0.25, 0.3) is 0 Å². The summed E-state index contributed by atoms with van der Waals surface area (Å²) in [6.45, 7) is 1.89. The van der Waals surface area contributed by atoms with Gasteiger partial charge in [0.15, 0.2) is 11.7 Å². The van der Waals surface area contributed by atoms with Crippen molar-refractivity contribution in [2.45, 2.75) is 6.92 Å². The molecule has 6 nitrogen and oxygen atoms in total. The average molecular weight is 332 g/mol. The lowest BCUT2D eigenvalue weighted by molar-refractivity contribution is -0.117. The molecule has 1 N–H and O–H groups in total. The molecule has 0 fully saturated rings. The largest absolute Gasteiger partial charge is 0.334 e. The van der Waals surface area contributed by atoms with E-state index in [1.807, 2.05) is 24.6 Å². The first-order chi connectivity index (χ1) is 12.0. The number of aryl methyl sites for hydroxylation is 2. The number of aromatic nitrogens is 2. The fourth-order valence-corrected chi connectivity index (χ4v) is 2.63. The highest BCUT2D eigenvalue weighted by atomic mass is 16.2. The monoisotopic (exact) mass is 332 g/mol. The Bertz CT molecular complexity index is 1010. The number of imidazole rings is 1. The van der Waals surface area contributed by atoms with E-state index in [9.17, 15) is 14.9 Å². The summed E-state index contributed by atoms with van der Waals surface area (Å²) in [5, 5.41) is 12.0. The van der Waals surface area contributed by atoms with Crippen molar-refractivity contribution in [3.05, 3.63) is 59.9 Å². The molecule has 0 aliphatic heterocycles. The van der Waals surface area contributed by atoms with Gasteiger partial charge in [0, 0.05) is 18.3 Å². The fraction of sp³-hybridized carbons (Fsp3) is 0.158. The number of Topliss-reactive ketones (excluding diaryl/α,β-unsaturated/α-hetero) is 1. The average Bonchev–Trinajstić information content (AvgIpc) is 2.96. The Morgan fingerprint density at radius 3 is 2.76 bits per heavy atom. The van der Waals surface area contributed by atoms with E-state index in [1.165, 1.54) is 0 Å². The van der Waals surface area contributed by atoms with Crippen molar-refractivity contribution in [1.82, 2.24) is 9.55 Å². The number of nitriles is 1. The first kappa shape index (κ1) is 16.4. The van der Waals surface area contributed by atoms with Gasteiger partial charge in [0.05, 0.1) is 23.4 Å². The Labute approximate surface area is 144 Å². The van der Waals surface area contributed by atoms with Crippen LogP contribution in [0.5, 0.6) is 0 Å². The molecule has 0 spiro atoms. The van der Waals surface area contributed by atoms with Gasteiger partial charge < -0.3 is 9.88 Å². The number of hydrogen-bond donors (Lipinski definition) is 1. The van der Waals surface area contributed by atoms with Gasteiger partial charge in [-0.15, -0.1) is 0 Å². The molecular weight excluding hydrogens is 316 g/mol. The number of amides is 1. The van der Waals surface area contributed by atoms with Crippen LogP contribution in [0.3, 0.4) is 0 Å². The Morgan fingerprint density at radius 2 is 2.04 bits per heavy atom. The van der Waals surface area contributed by atoms with Gasteiger partial charge in [-0.25, -0.2) is 4.98 Å². The zero-order chi connectivity index (χ0) is 18.0. The zero-order valence-electron chi connectivity index (χ0n) is 13.9. The fourth-order valence-electron chi connectivity index (χ4n) is 2.63. The van der Waals surface area contributed by atoms with Crippen LogP contribution in [0.2, 0.25) is 0 Å². The minimum Gasteiger partial charge on any atom is -0.334 e. The molecule has 25 heavy (non-hydrogen) atoms. The van der Waals surface area contributed by atoms with E-state index in [4.69, 9.17) is 0 Å². The molecule has 124 valence electrons. The van der Waals surface area contributed by atoms with Gasteiger partial charge in [-0.05, 0) is 42.8 Å². The Morgan fingerprint density at radius 1 is 1.24 bits per heavy atom. The van der Waals surface area contributed by atoms with Crippen molar-refractivity contribution in [2.24, 2.45) is 13.0 Å². The van der Waals surface area contributed by atoms with Crippen molar-refractivity contribution in [3.63, 3.8) is 0 Å². The molecule has 0 aliphatic carbocycles. The van der Waals surface area contributed by atoms with Gasteiger partial charge in [0.1, 0.15) is 0 Å². The number of anilines is 1. The van der Waals surface area contributed by atoms with E-state index in [2.05, 4.69) is 10.3 Å². The van der Waals surface area contributed by atoms with Crippen molar-refractivity contribution in [3.8, 4) is 6.07 Å². The van der Waals surface area contributed by atoms with Gasteiger partial charge in [-0.1, -0.05) is 12.1 Å². The number of carbonyl (C=O) groups is 2. The first-order valence-electron chi connectivity index (χ1n) is 7.72. The molecular formula is C19H16N4O2. The Balaban J connectivity index is 1.84. The molecule has 1 amide bonds. The lowest BCUT2D eigenvalue weighted by atomic mass is 9.97. The number of rotatable bonds is 4. The van der Waals surface area contributed by atoms with Crippen LogP contribution in [-0.2, 0) is 11.8 Å². The van der Waals surface area contributed by atoms with Gasteiger partial charge in [-0.2, -0.15) is 5.26 Å². The molecule has 0 saturated carbocycles. The second kappa shape index (κ2) is 6.57. The summed E-state index contributed by atoms with van der Waals surface area (Å²) in [5.41, 5.74) is 3.33. The highest BCUT2D eigenvalue weighted by Crippen LogP contribution is 2.18. The molecule has 0 radical (unpaired) electrons. The van der Waals surface area contributed by atoms with Crippen LogP contribution in [0.4, 0.5) is 5.69 Å². The third-order valence-electron chi connectivity index (χ3n) is 3.95. The number of carbonyl (C=O) groups excluding carboxylic acids is 2. The highest BCUT2D eigenvalue weighted by molar-refractivity contribution is 6.16. The molecule has 0 bridgehead atoms. The van der Waals surface area contributed by atoms with Crippen LogP contribution >= 0.6 is 0 Å². The molecule has 6 heteroatoms. The Kier molecular flexibility index (Phi) is 4.31. The predicted octanol–water partition coefficient (Wildman–Crippen LogP) is 2.84. The van der Waals surface area contributed by atoms with Crippen molar-refractivity contribution in [2.75, 3.05) is 5.32 Å². The summed E-state index contributed by atoms with van der Waals surface area (Å²) in [5.74, 6) is -2.60. The van der Waals surface area contributed by atoms with Gasteiger partial charge in [0.2, 0.25) is 5.91 Å². The van der Waals surface area contributed by atoms with Crippen LogP contribution < -0.4 is 5.32 Å². The smallest absolute Gasteiger partial charge is 0.249 e. The normalized spacial score (nSPS) is 11.7. The SMILES string of the molecule is Cc1cccc(NC(=O)C(C#N)C(=O)c2ccc3c(c2)ncn3C)c1. The predicted molar refractivity (Wildman–Crippen MR) is 94.0 cm³/mol. The minimum absolute atomic E-state index is 0.289. The highest BCUT2D eigenvalue weighted by Gasteiger charge is 2.28. The number of hydrogen-bond acceptors (Lipinski definition) is 4. The molecule has 1 heterocycles. The van der Waals surface area contributed by atoms with Crippen LogP contribution in [0.15, 0.2) is 48.8 Å². The lowest BCUT2D eigenvalue weighted by Crippen LogP contribution is -2.28. The number of nitrogens with one attached hydrogen (secondary N) is 1. The van der Waals surface area contributed by atoms with E-state index in [0.717, 1.165) is 11.1 Å². The molecule has 0 aliphatic rings. The first-order valence-corrected chi connectivity index (χ1v) is 7.72. The summed E-state index contributed by atoms with van der Waals surface area (Å²) in [7, 11) is 1.85. The summed E-state index contributed by atoms with van der Waals surface area (Å²) in [6.07, 6.45) is 1.64. The maximum absolute atomic E-state index is 12.6. The summed E-state index contributed by atoms with van der Waals surface area (Å²) < 4.78 is 1.83. The topological polar surface area (TPSA) is 87.8 Å². The van der Waals surface area contributed by atoms with Crippen molar-refractivity contribution >= 4 is 28.4 Å². The standard InChI is InChI=1S/C19H16N4O2/c1-12-4-3-5-14(8-12)22-19(25)15(10-20)18(24)13-6-7-17-16(9-13)21-11-23(17)2/h3-9,11,15H,1-2H3,(H,22,25). The second-order valence-corrected chi connectivity index (χ2v) is 5.84. The van der Waals surface area contributed by atoms with Crippen LogP contribution in [0, 0.1) is 24.2 Å². The maximum atomic E-state index is 12.6. The molecule has 1 atom stereocenters. The molecule has 3 rings (SSSR count). The van der Waals surface area contributed by atoms with E-state index >= 15 is 0 Å². The zero-order valence-corrected chi connectivity index (χ0v) is 13.9. The number of benzene rings is 2. The van der Waals surface area contributed by atoms with Crippen molar-refractivity contribution < 1.29 is 9.59 Å². The van der Waals surface area contributed by atoms with E-state index < -0.39 is 17.6 Å². The quantitative estimate of drug-likeness (QED) is 0.588. The summed E-state index contributed by atoms with van der Waals surface area (Å²) in [4.78, 5) is 29.2. The maximum Gasteiger partial charge on any atom is 0.249 e. The summed E-state index contributed by atoms with van der Waals surface area (Å²) >= 11 is 0. The number of fused-ring (bicyclic) bond motifs is 1. The van der Waals surface area contributed by atoms with Gasteiger partial charge >= 0.3 is 0 Å². The number of nitrogens with zero attached hydrogens (tertiary/aromatic N) is 3. The summed E-state index contributed by atoms with van der Waals surface area (Å²) in [6, 6.07) is 13.9. The van der Waals surface area contributed by atoms with Crippen LogP contribution in [0.1, 0.15) is 15.9 Å². The minimum atomic E-state index is -1.42. The molecule has 2 aromatic carbocycles.